The standard InChI is InChI=1S/C36H70O5Si2/c1-26(23-28(3)32-21-17-16-19-27(2)31(37)20-18-22-34(38)39-32)24-29(4)33(41-43(14,15)36(9,10)11)25-30(5)40-42(12,13)35(6,7)8/h16-17,24,27-33,37H,18-23,25H2,1-15H3/b17-16+,26-24+. The first-order valence-corrected chi connectivity index (χ1v) is 22.8. The van der Waals surface area contributed by atoms with E-state index in [-0.39, 0.29) is 58.2 Å². The lowest BCUT2D eigenvalue weighted by Gasteiger charge is -2.43. The van der Waals surface area contributed by atoms with Crippen LogP contribution in [-0.4, -0.2) is 52.1 Å². The molecule has 0 aliphatic carbocycles. The molecule has 7 unspecified atom stereocenters. The second-order valence-electron chi connectivity index (χ2n) is 16.8. The van der Waals surface area contributed by atoms with Gasteiger partial charge in [0.25, 0.3) is 0 Å². The largest absolute Gasteiger partial charge is 0.462 e. The Morgan fingerprint density at radius 2 is 1.53 bits per heavy atom. The van der Waals surface area contributed by atoms with Gasteiger partial charge in [0.05, 0.1) is 12.2 Å². The van der Waals surface area contributed by atoms with E-state index >= 15 is 0 Å². The third-order valence-electron chi connectivity index (χ3n) is 10.4. The highest BCUT2D eigenvalue weighted by molar-refractivity contribution is 6.74. The highest BCUT2D eigenvalue weighted by Gasteiger charge is 2.42. The van der Waals surface area contributed by atoms with Crippen LogP contribution in [0.4, 0.5) is 0 Å². The van der Waals surface area contributed by atoms with Gasteiger partial charge in [-0.05, 0) is 100.0 Å². The molecular weight excluding hydrogens is 569 g/mol. The molecule has 1 aliphatic heterocycles. The van der Waals surface area contributed by atoms with Gasteiger partial charge in [-0.25, -0.2) is 0 Å². The lowest BCUT2D eigenvalue weighted by molar-refractivity contribution is -0.151. The highest BCUT2D eigenvalue weighted by Crippen LogP contribution is 2.41. The summed E-state index contributed by atoms with van der Waals surface area (Å²) in [5.41, 5.74) is 1.31. The zero-order valence-corrected chi connectivity index (χ0v) is 32.8. The van der Waals surface area contributed by atoms with Crippen molar-refractivity contribution in [3.8, 4) is 0 Å². The van der Waals surface area contributed by atoms with Gasteiger partial charge in [0.15, 0.2) is 16.6 Å². The zero-order valence-electron chi connectivity index (χ0n) is 30.8. The fraction of sp³-hybridized carbons (Fsp3) is 0.861. The van der Waals surface area contributed by atoms with Crippen molar-refractivity contribution in [2.45, 2.75) is 182 Å². The van der Waals surface area contributed by atoms with Crippen LogP contribution in [0.1, 0.15) is 121 Å². The number of cyclic esters (lactones) is 1. The third-order valence-corrected chi connectivity index (χ3v) is 19.5. The molecule has 252 valence electrons. The number of allylic oxidation sites excluding steroid dienone is 2. The van der Waals surface area contributed by atoms with Crippen LogP contribution in [0.25, 0.3) is 0 Å². The average molecular weight is 639 g/mol. The number of carbonyl (C=O) groups excluding carboxylic acids is 1. The molecule has 0 fully saturated rings. The Hall–Kier alpha value is -0.736. The number of rotatable bonds is 11. The molecule has 7 heteroatoms. The first-order chi connectivity index (χ1) is 19.5. The molecule has 0 aromatic heterocycles. The van der Waals surface area contributed by atoms with E-state index in [1.165, 1.54) is 5.57 Å². The predicted molar refractivity (Wildman–Crippen MR) is 188 cm³/mol. The highest BCUT2D eigenvalue weighted by atomic mass is 28.4. The minimum absolute atomic E-state index is 0.0744. The maximum atomic E-state index is 12.7. The molecule has 0 saturated heterocycles. The predicted octanol–water partition coefficient (Wildman–Crippen LogP) is 10.2. The smallest absolute Gasteiger partial charge is 0.306 e. The van der Waals surface area contributed by atoms with Crippen LogP contribution in [0.5, 0.6) is 0 Å². The molecule has 5 nitrogen and oxygen atoms in total. The fourth-order valence-corrected chi connectivity index (χ4v) is 8.18. The number of aliphatic hydroxyl groups is 1. The second-order valence-corrected chi connectivity index (χ2v) is 26.3. The summed E-state index contributed by atoms with van der Waals surface area (Å²) in [6.45, 7) is 34.2. The first kappa shape index (κ1) is 40.3. The Morgan fingerprint density at radius 3 is 2.09 bits per heavy atom. The maximum absolute atomic E-state index is 12.7. The molecule has 7 atom stereocenters. The van der Waals surface area contributed by atoms with Crippen molar-refractivity contribution in [1.29, 1.82) is 0 Å². The van der Waals surface area contributed by atoms with Gasteiger partial charge in [-0.3, -0.25) is 4.79 Å². The monoisotopic (exact) mass is 638 g/mol. The molecule has 0 aromatic carbocycles. The molecule has 43 heavy (non-hydrogen) atoms. The summed E-state index contributed by atoms with van der Waals surface area (Å²) in [5, 5.41) is 10.6. The maximum Gasteiger partial charge on any atom is 0.306 e. The summed E-state index contributed by atoms with van der Waals surface area (Å²) in [6, 6.07) is 0. The summed E-state index contributed by atoms with van der Waals surface area (Å²) >= 11 is 0. The van der Waals surface area contributed by atoms with Gasteiger partial charge in [0.1, 0.15) is 6.10 Å². The molecular formula is C36H70O5Si2. The normalized spacial score (nSPS) is 26.0. The van der Waals surface area contributed by atoms with E-state index in [0.29, 0.717) is 25.7 Å². The van der Waals surface area contributed by atoms with Crippen molar-refractivity contribution in [1.82, 2.24) is 0 Å². The van der Waals surface area contributed by atoms with Gasteiger partial charge in [-0.2, -0.15) is 0 Å². The fourth-order valence-electron chi connectivity index (χ4n) is 5.31. The van der Waals surface area contributed by atoms with E-state index < -0.39 is 16.6 Å². The van der Waals surface area contributed by atoms with Crippen LogP contribution in [0.15, 0.2) is 23.8 Å². The SMILES string of the molecule is C/C(=C\C(C)C(CC(C)O[Si](C)(C)C(C)(C)C)O[Si](C)(C)C(C)(C)C)CC(C)C1C/C=C/CC(C)C(O)CCCC(=O)O1. The number of esters is 1. The molecule has 0 bridgehead atoms. The van der Waals surface area contributed by atoms with Crippen molar-refractivity contribution in [2.75, 3.05) is 0 Å². The topological polar surface area (TPSA) is 65.0 Å². The third kappa shape index (κ3) is 13.7. The summed E-state index contributed by atoms with van der Waals surface area (Å²) in [6.07, 6.45) is 11.3. The van der Waals surface area contributed by atoms with Crippen molar-refractivity contribution in [3.05, 3.63) is 23.8 Å². The number of aliphatic hydroxyl groups excluding tert-OH is 1. The molecule has 1 heterocycles. The molecule has 0 radical (unpaired) electrons. The Labute approximate surface area is 268 Å². The molecule has 0 amide bonds. The second kappa shape index (κ2) is 16.7. The lowest BCUT2D eigenvalue weighted by atomic mass is 9.90. The van der Waals surface area contributed by atoms with Crippen molar-refractivity contribution < 1.29 is 23.5 Å². The Kier molecular flexibility index (Phi) is 15.7. The van der Waals surface area contributed by atoms with Gasteiger partial charge >= 0.3 is 5.97 Å². The molecule has 0 saturated carbocycles. The Morgan fingerprint density at radius 1 is 1.00 bits per heavy atom. The number of ether oxygens (including phenoxy) is 1. The summed E-state index contributed by atoms with van der Waals surface area (Å²) < 4.78 is 19.9. The molecule has 0 aromatic rings. The zero-order chi connectivity index (χ0) is 33.4. The Bertz CT molecular complexity index is 912. The Balaban J connectivity index is 3.12. The van der Waals surface area contributed by atoms with E-state index in [9.17, 15) is 9.90 Å². The number of hydrogen-bond donors (Lipinski definition) is 1. The van der Waals surface area contributed by atoms with Gasteiger partial charge in [0.2, 0.25) is 0 Å². The molecule has 1 aliphatic rings. The lowest BCUT2D eigenvalue weighted by Crippen LogP contribution is -2.48. The molecule has 1 rings (SSSR count). The van der Waals surface area contributed by atoms with Gasteiger partial charge in [-0.1, -0.05) is 86.1 Å². The van der Waals surface area contributed by atoms with Crippen LogP contribution >= 0.6 is 0 Å². The van der Waals surface area contributed by atoms with Crippen LogP contribution in [0, 0.1) is 17.8 Å². The minimum Gasteiger partial charge on any atom is -0.462 e. The van der Waals surface area contributed by atoms with Crippen LogP contribution < -0.4 is 0 Å². The molecule has 1 N–H and O–H groups in total. The van der Waals surface area contributed by atoms with Gasteiger partial charge in [0, 0.05) is 18.9 Å². The number of carbonyl (C=O) groups is 1. The van der Waals surface area contributed by atoms with Crippen molar-refractivity contribution >= 4 is 22.6 Å². The first-order valence-electron chi connectivity index (χ1n) is 17.0. The van der Waals surface area contributed by atoms with E-state index in [1.807, 2.05) is 0 Å². The van der Waals surface area contributed by atoms with E-state index in [4.69, 9.17) is 13.6 Å². The molecule has 0 spiro atoms. The van der Waals surface area contributed by atoms with Crippen molar-refractivity contribution in [3.63, 3.8) is 0 Å². The quantitative estimate of drug-likeness (QED) is 0.139. The van der Waals surface area contributed by atoms with Crippen LogP contribution in [0.2, 0.25) is 36.3 Å². The van der Waals surface area contributed by atoms with E-state index in [2.05, 4.69) is 121 Å². The van der Waals surface area contributed by atoms with Gasteiger partial charge < -0.3 is 18.7 Å². The summed E-state index contributed by atoms with van der Waals surface area (Å²) in [4.78, 5) is 12.7. The van der Waals surface area contributed by atoms with Crippen LogP contribution in [-0.2, 0) is 18.4 Å². The average Bonchev–Trinajstić information content (AvgIpc) is 2.82. The van der Waals surface area contributed by atoms with Crippen LogP contribution in [0.3, 0.4) is 0 Å². The van der Waals surface area contributed by atoms with Crippen molar-refractivity contribution in [2.24, 2.45) is 17.8 Å². The minimum atomic E-state index is -2.00. The summed E-state index contributed by atoms with van der Waals surface area (Å²) in [5.74, 6) is 0.479. The van der Waals surface area contributed by atoms with E-state index in [1.54, 1.807) is 0 Å². The number of hydrogen-bond acceptors (Lipinski definition) is 5. The summed E-state index contributed by atoms with van der Waals surface area (Å²) in [7, 11) is -3.89. The van der Waals surface area contributed by atoms with E-state index in [0.717, 1.165) is 19.3 Å². The van der Waals surface area contributed by atoms with Gasteiger partial charge in [-0.15, -0.1) is 0 Å².